The summed E-state index contributed by atoms with van der Waals surface area (Å²) in [5, 5.41) is 11.5. The molecule has 1 aliphatic rings. The molecule has 2 atom stereocenters. The van der Waals surface area contributed by atoms with E-state index in [0.29, 0.717) is 28.9 Å². The van der Waals surface area contributed by atoms with Crippen molar-refractivity contribution in [3.63, 3.8) is 0 Å². The number of carbonyl (C=O) groups excluding carboxylic acids is 1. The zero-order valence-electron chi connectivity index (χ0n) is 18.2. The molecule has 2 N–H and O–H groups in total. The van der Waals surface area contributed by atoms with Gasteiger partial charge in [-0.25, -0.2) is 9.50 Å². The number of rotatable bonds is 4. The van der Waals surface area contributed by atoms with E-state index in [1.807, 2.05) is 36.5 Å². The Morgan fingerprint density at radius 3 is 2.78 bits per heavy atom. The molecule has 4 heterocycles. The van der Waals surface area contributed by atoms with Gasteiger partial charge in [0.2, 0.25) is 0 Å². The number of piperazine rings is 1. The van der Waals surface area contributed by atoms with E-state index in [-0.39, 0.29) is 11.9 Å². The second-order valence-corrected chi connectivity index (χ2v) is 8.20. The summed E-state index contributed by atoms with van der Waals surface area (Å²) in [6.07, 6.45) is 5.27. The summed E-state index contributed by atoms with van der Waals surface area (Å²) in [7, 11) is 1.52. The van der Waals surface area contributed by atoms with Gasteiger partial charge >= 0.3 is 6.01 Å². The number of amides is 1. The van der Waals surface area contributed by atoms with Gasteiger partial charge in [-0.3, -0.25) is 4.79 Å². The third-order valence-electron chi connectivity index (χ3n) is 5.69. The second-order valence-electron chi connectivity index (χ2n) is 8.20. The quantitative estimate of drug-likeness (QED) is 0.513. The summed E-state index contributed by atoms with van der Waals surface area (Å²) in [4.78, 5) is 24.4. The van der Waals surface area contributed by atoms with E-state index in [1.165, 1.54) is 7.11 Å². The molecule has 2 unspecified atom stereocenters. The Balaban J connectivity index is 1.54. The monoisotopic (exact) mass is 431 g/mol. The highest BCUT2D eigenvalue weighted by Crippen LogP contribution is 2.31. The minimum atomic E-state index is -0.242. The molecule has 1 saturated heterocycles. The Morgan fingerprint density at radius 2 is 2.00 bits per heavy atom. The zero-order valence-corrected chi connectivity index (χ0v) is 18.2. The maximum atomic E-state index is 13.2. The Kier molecular flexibility index (Phi) is 5.10. The summed E-state index contributed by atoms with van der Waals surface area (Å²) in [5.74, 6) is -0.242. The van der Waals surface area contributed by atoms with E-state index in [4.69, 9.17) is 4.74 Å². The van der Waals surface area contributed by atoms with Gasteiger partial charge in [0.15, 0.2) is 0 Å². The highest BCUT2D eigenvalue weighted by atomic mass is 16.5. The van der Waals surface area contributed by atoms with Crippen LogP contribution in [0, 0.1) is 0 Å². The van der Waals surface area contributed by atoms with Crippen molar-refractivity contribution in [1.29, 1.82) is 0 Å². The van der Waals surface area contributed by atoms with Gasteiger partial charge in [0, 0.05) is 60.5 Å². The van der Waals surface area contributed by atoms with Gasteiger partial charge in [-0.15, -0.1) is 0 Å². The molecule has 1 aliphatic heterocycles. The first-order chi connectivity index (χ1) is 15.5. The number of nitrogens with one attached hydrogen (secondary N) is 2. The molecule has 0 aliphatic carbocycles. The number of benzene rings is 1. The molecule has 3 aromatic heterocycles. The molecule has 5 rings (SSSR count). The van der Waals surface area contributed by atoms with Crippen molar-refractivity contribution < 1.29 is 9.53 Å². The first-order valence-electron chi connectivity index (χ1n) is 10.6. The third-order valence-corrected chi connectivity index (χ3v) is 5.69. The molecule has 32 heavy (non-hydrogen) atoms. The van der Waals surface area contributed by atoms with Crippen molar-refractivity contribution in [3.05, 3.63) is 54.5 Å². The lowest BCUT2D eigenvalue weighted by atomic mass is 10.0. The standard InChI is InChI=1S/C23H25N7O2/c1-14-12-29(13-15(2)26-14)20-5-4-18(21-19(20)11-24-23(28-21)32-3)22(31)27-16-7-9-30-17(10-16)6-8-25-30/h4-11,14-15,26H,12-13H2,1-3H3,(H,27,31). The van der Waals surface area contributed by atoms with Crippen LogP contribution in [0.1, 0.15) is 24.2 Å². The molecule has 4 aromatic rings. The SMILES string of the molecule is COc1ncc2c(N3CC(C)NC(C)C3)ccc(C(=O)Nc3ccn4nccc4c3)c2n1. The van der Waals surface area contributed by atoms with Gasteiger partial charge in [-0.1, -0.05) is 0 Å². The Morgan fingerprint density at radius 1 is 1.19 bits per heavy atom. The van der Waals surface area contributed by atoms with E-state index in [0.717, 1.165) is 29.7 Å². The van der Waals surface area contributed by atoms with Crippen molar-refractivity contribution in [3.8, 4) is 6.01 Å². The zero-order chi connectivity index (χ0) is 22.2. The lowest BCUT2D eigenvalue weighted by molar-refractivity contribution is 0.102. The van der Waals surface area contributed by atoms with E-state index in [9.17, 15) is 4.79 Å². The maximum Gasteiger partial charge on any atom is 0.316 e. The topological polar surface area (TPSA) is 96.7 Å². The van der Waals surface area contributed by atoms with Crippen LogP contribution in [0.3, 0.4) is 0 Å². The average molecular weight is 432 g/mol. The largest absolute Gasteiger partial charge is 0.467 e. The van der Waals surface area contributed by atoms with E-state index in [1.54, 1.807) is 16.9 Å². The normalized spacial score (nSPS) is 18.8. The molecular formula is C23H25N7O2. The molecular weight excluding hydrogens is 406 g/mol. The molecule has 1 aromatic carbocycles. The van der Waals surface area contributed by atoms with Gasteiger partial charge in [0.1, 0.15) is 0 Å². The number of hydrogen-bond acceptors (Lipinski definition) is 7. The van der Waals surface area contributed by atoms with Crippen LogP contribution < -0.4 is 20.3 Å². The molecule has 0 spiro atoms. The van der Waals surface area contributed by atoms with Crippen LogP contribution >= 0.6 is 0 Å². The summed E-state index contributed by atoms with van der Waals surface area (Å²) in [6.45, 7) is 6.07. The lowest BCUT2D eigenvalue weighted by Crippen LogP contribution is -2.54. The number of methoxy groups -OCH3 is 1. The number of hydrogen-bond donors (Lipinski definition) is 2. The number of aromatic nitrogens is 4. The van der Waals surface area contributed by atoms with Crippen LogP contribution in [0.4, 0.5) is 11.4 Å². The predicted octanol–water partition coefficient (Wildman–Crippen LogP) is 2.73. The van der Waals surface area contributed by atoms with Crippen molar-refractivity contribution >= 4 is 33.7 Å². The van der Waals surface area contributed by atoms with Gasteiger partial charge in [-0.2, -0.15) is 10.1 Å². The number of fused-ring (bicyclic) bond motifs is 2. The van der Waals surface area contributed by atoms with Crippen LogP contribution in [-0.4, -0.2) is 57.8 Å². The minimum Gasteiger partial charge on any atom is -0.467 e. The predicted molar refractivity (Wildman–Crippen MR) is 124 cm³/mol. The molecule has 1 amide bonds. The fourth-order valence-electron chi connectivity index (χ4n) is 4.37. The van der Waals surface area contributed by atoms with Gasteiger partial charge in [0.05, 0.1) is 23.7 Å². The first-order valence-corrected chi connectivity index (χ1v) is 10.6. The second kappa shape index (κ2) is 8.08. The fraction of sp³-hybridized carbons (Fsp3) is 0.304. The molecule has 0 saturated carbocycles. The Bertz CT molecular complexity index is 1290. The van der Waals surface area contributed by atoms with E-state index < -0.39 is 0 Å². The third kappa shape index (κ3) is 3.71. The van der Waals surface area contributed by atoms with Crippen LogP contribution in [0.5, 0.6) is 6.01 Å². The van der Waals surface area contributed by atoms with E-state index >= 15 is 0 Å². The van der Waals surface area contributed by atoms with Crippen molar-refractivity contribution in [2.24, 2.45) is 0 Å². The summed E-state index contributed by atoms with van der Waals surface area (Å²) >= 11 is 0. The molecule has 0 radical (unpaired) electrons. The average Bonchev–Trinajstić information content (AvgIpc) is 3.25. The highest BCUT2D eigenvalue weighted by Gasteiger charge is 2.24. The summed E-state index contributed by atoms with van der Waals surface area (Å²) in [6, 6.07) is 10.3. The molecule has 0 bridgehead atoms. The van der Waals surface area contributed by atoms with Crippen molar-refractivity contribution in [2.45, 2.75) is 25.9 Å². The van der Waals surface area contributed by atoms with Crippen LogP contribution in [0.25, 0.3) is 16.4 Å². The Hall–Kier alpha value is -3.72. The summed E-state index contributed by atoms with van der Waals surface area (Å²) in [5.41, 5.74) is 3.63. The van der Waals surface area contributed by atoms with Gasteiger partial charge in [-0.05, 0) is 44.2 Å². The van der Waals surface area contributed by atoms with E-state index in [2.05, 4.69) is 44.4 Å². The number of anilines is 2. The fourth-order valence-corrected chi connectivity index (χ4v) is 4.37. The van der Waals surface area contributed by atoms with Gasteiger partial charge in [0.25, 0.3) is 5.91 Å². The number of pyridine rings is 1. The molecule has 164 valence electrons. The van der Waals surface area contributed by atoms with Crippen LogP contribution in [-0.2, 0) is 0 Å². The molecule has 9 heteroatoms. The molecule has 1 fully saturated rings. The number of carbonyl (C=O) groups is 1. The first kappa shape index (κ1) is 20.2. The number of ether oxygens (including phenoxy) is 1. The van der Waals surface area contributed by atoms with Crippen LogP contribution in [0.15, 0.2) is 48.9 Å². The van der Waals surface area contributed by atoms with Gasteiger partial charge < -0.3 is 20.3 Å². The van der Waals surface area contributed by atoms with Crippen LogP contribution in [0.2, 0.25) is 0 Å². The van der Waals surface area contributed by atoms with Crippen molar-refractivity contribution in [2.75, 3.05) is 30.4 Å². The smallest absolute Gasteiger partial charge is 0.316 e. The number of nitrogens with zero attached hydrogens (tertiary/aromatic N) is 5. The maximum absolute atomic E-state index is 13.2. The van der Waals surface area contributed by atoms with Crippen molar-refractivity contribution in [1.82, 2.24) is 24.9 Å². The molecule has 9 nitrogen and oxygen atoms in total. The minimum absolute atomic E-state index is 0.228. The highest BCUT2D eigenvalue weighted by molar-refractivity contribution is 6.14. The lowest BCUT2D eigenvalue weighted by Gasteiger charge is -2.38. The Labute approximate surface area is 185 Å². The summed E-state index contributed by atoms with van der Waals surface area (Å²) < 4.78 is 6.99.